The molecule has 0 aromatic carbocycles. The third-order valence-electron chi connectivity index (χ3n) is 11.7. The summed E-state index contributed by atoms with van der Waals surface area (Å²) in [5.41, 5.74) is 0. The lowest BCUT2D eigenvalue weighted by atomic mass is 10.0. The van der Waals surface area contributed by atoms with Gasteiger partial charge < -0.3 is 18.9 Å². The van der Waals surface area contributed by atoms with Crippen molar-refractivity contribution in [3.8, 4) is 0 Å². The lowest BCUT2D eigenvalue weighted by Crippen LogP contribution is -2.37. The summed E-state index contributed by atoms with van der Waals surface area (Å²) >= 11 is 0. The summed E-state index contributed by atoms with van der Waals surface area (Å²) in [6, 6.07) is 0. The van der Waals surface area contributed by atoms with Crippen molar-refractivity contribution < 1.29 is 42.1 Å². The number of hydrogen-bond acceptors (Lipinski definition) is 7. The highest BCUT2D eigenvalue weighted by molar-refractivity contribution is 7.47. The summed E-state index contributed by atoms with van der Waals surface area (Å²) in [6.45, 7) is 4.44. The molecule has 0 heterocycles. The standard InChI is InChI=1S/C54H102NO8P/c1-6-8-10-12-14-16-18-20-22-24-26-27-29-31-33-35-37-39-41-43-45-47-54(57)63-52(51-62-64(58,59)61-49-48-55(3,4)5)50-60-53(56)46-44-42-40-38-36-34-32-30-28-25-23-21-19-17-15-13-11-9-7-2/h18,20,24,26,29,31,52H,6-17,19,21-23,25,27-28,30,32-51H2,1-5H3/p+1/b20-18-,26-24-,31-29-. The molecule has 0 aliphatic rings. The van der Waals surface area contributed by atoms with Crippen molar-refractivity contribution in [3.05, 3.63) is 36.5 Å². The number of carbonyl (C=O) groups is 2. The van der Waals surface area contributed by atoms with Crippen molar-refractivity contribution in [2.75, 3.05) is 47.5 Å². The van der Waals surface area contributed by atoms with Crippen LogP contribution in [0.15, 0.2) is 36.5 Å². The normalized spacial score (nSPS) is 13.7. The van der Waals surface area contributed by atoms with Gasteiger partial charge in [-0.1, -0.05) is 217 Å². The van der Waals surface area contributed by atoms with Crippen LogP contribution in [-0.2, 0) is 32.7 Å². The Morgan fingerprint density at radius 1 is 0.484 bits per heavy atom. The minimum Gasteiger partial charge on any atom is -0.462 e. The SMILES string of the molecule is CCCCCCC/C=C\C/C=C\C/C=C\CCCCCCCCC(=O)OC(COC(=O)CCCCCCCCCCCCCCCCCCCCC)COP(=O)(O)OCC[N+](C)(C)C. The van der Waals surface area contributed by atoms with Crippen LogP contribution < -0.4 is 0 Å². The first-order valence-corrected chi connectivity index (χ1v) is 28.2. The Morgan fingerprint density at radius 3 is 1.25 bits per heavy atom. The maximum atomic E-state index is 12.8. The monoisotopic (exact) mass is 925 g/mol. The number of nitrogens with zero attached hydrogens (tertiary/aromatic N) is 1. The van der Waals surface area contributed by atoms with Gasteiger partial charge in [-0.25, -0.2) is 4.57 Å². The smallest absolute Gasteiger partial charge is 0.462 e. The maximum Gasteiger partial charge on any atom is 0.472 e. The van der Waals surface area contributed by atoms with Crippen LogP contribution in [0.25, 0.3) is 0 Å². The van der Waals surface area contributed by atoms with Crippen LogP contribution in [0.5, 0.6) is 0 Å². The van der Waals surface area contributed by atoms with Crippen molar-refractivity contribution in [1.82, 2.24) is 0 Å². The summed E-state index contributed by atoms with van der Waals surface area (Å²) in [5.74, 6) is -0.802. The molecule has 2 atom stereocenters. The molecule has 376 valence electrons. The topological polar surface area (TPSA) is 108 Å². The molecule has 9 nitrogen and oxygen atoms in total. The molecule has 0 bridgehead atoms. The number of carbonyl (C=O) groups excluding carboxylic acids is 2. The van der Waals surface area contributed by atoms with E-state index < -0.39 is 26.5 Å². The number of quaternary nitrogens is 1. The fraction of sp³-hybridized carbons (Fsp3) is 0.852. The molecule has 64 heavy (non-hydrogen) atoms. The molecule has 1 N–H and O–H groups in total. The minimum absolute atomic E-state index is 0.0299. The van der Waals surface area contributed by atoms with E-state index in [0.717, 1.165) is 70.6 Å². The van der Waals surface area contributed by atoms with E-state index in [1.165, 1.54) is 141 Å². The van der Waals surface area contributed by atoms with Gasteiger partial charge in [0.2, 0.25) is 0 Å². The third kappa shape index (κ3) is 49.7. The molecule has 0 saturated heterocycles. The lowest BCUT2D eigenvalue weighted by molar-refractivity contribution is -0.870. The fourth-order valence-corrected chi connectivity index (χ4v) is 8.24. The van der Waals surface area contributed by atoms with Gasteiger partial charge in [-0.2, -0.15) is 0 Å². The van der Waals surface area contributed by atoms with E-state index in [-0.39, 0.29) is 32.0 Å². The van der Waals surface area contributed by atoms with E-state index in [1.807, 2.05) is 21.1 Å². The summed E-state index contributed by atoms with van der Waals surface area (Å²) in [6.07, 6.45) is 54.8. The van der Waals surface area contributed by atoms with Gasteiger partial charge in [-0.3, -0.25) is 18.6 Å². The van der Waals surface area contributed by atoms with Crippen molar-refractivity contribution in [1.29, 1.82) is 0 Å². The van der Waals surface area contributed by atoms with Crippen LogP contribution in [0.4, 0.5) is 0 Å². The molecule has 0 spiro atoms. The summed E-state index contributed by atoms with van der Waals surface area (Å²) < 4.78 is 34.5. The van der Waals surface area contributed by atoms with Crippen molar-refractivity contribution in [2.24, 2.45) is 0 Å². The number of ether oxygens (including phenoxy) is 2. The predicted octanol–water partition coefficient (Wildman–Crippen LogP) is 16.0. The number of unbranched alkanes of at least 4 members (excludes halogenated alkanes) is 29. The van der Waals surface area contributed by atoms with Gasteiger partial charge in [0, 0.05) is 12.8 Å². The zero-order chi connectivity index (χ0) is 47.1. The second kappa shape index (κ2) is 46.3. The quantitative estimate of drug-likeness (QED) is 0.0211. The minimum atomic E-state index is -4.38. The van der Waals surface area contributed by atoms with E-state index in [1.54, 1.807) is 0 Å². The van der Waals surface area contributed by atoms with Crippen LogP contribution in [0.2, 0.25) is 0 Å². The molecule has 0 saturated carbocycles. The van der Waals surface area contributed by atoms with Gasteiger partial charge in [0.05, 0.1) is 27.7 Å². The molecule has 2 unspecified atom stereocenters. The van der Waals surface area contributed by atoms with Crippen LogP contribution in [0.1, 0.15) is 245 Å². The van der Waals surface area contributed by atoms with Gasteiger partial charge >= 0.3 is 19.8 Å². The molecular formula is C54H103NO8P+. The molecular weight excluding hydrogens is 822 g/mol. The number of likely N-dealkylation sites (N-methyl/N-ethyl adjacent to an activating group) is 1. The first kappa shape index (κ1) is 62.2. The highest BCUT2D eigenvalue weighted by Crippen LogP contribution is 2.43. The van der Waals surface area contributed by atoms with Crippen LogP contribution in [0, 0.1) is 0 Å². The second-order valence-corrected chi connectivity index (χ2v) is 20.7. The number of esters is 2. The Labute approximate surface area is 395 Å². The summed E-state index contributed by atoms with van der Waals surface area (Å²) in [4.78, 5) is 35.6. The van der Waals surface area contributed by atoms with E-state index in [2.05, 4.69) is 50.3 Å². The average Bonchev–Trinajstić information content (AvgIpc) is 3.25. The largest absolute Gasteiger partial charge is 0.472 e. The number of hydrogen-bond donors (Lipinski definition) is 1. The number of allylic oxidation sites excluding steroid dienone is 6. The Kier molecular flexibility index (Phi) is 45.1. The van der Waals surface area contributed by atoms with Crippen LogP contribution in [-0.4, -0.2) is 74.9 Å². The predicted molar refractivity (Wildman–Crippen MR) is 270 cm³/mol. The Hall–Kier alpha value is -1.77. The molecule has 10 heteroatoms. The first-order chi connectivity index (χ1) is 31.0. The van der Waals surface area contributed by atoms with E-state index in [4.69, 9.17) is 18.5 Å². The first-order valence-electron chi connectivity index (χ1n) is 26.7. The van der Waals surface area contributed by atoms with Crippen LogP contribution in [0.3, 0.4) is 0 Å². The van der Waals surface area contributed by atoms with Gasteiger partial charge in [-0.05, 0) is 51.4 Å². The Morgan fingerprint density at radius 2 is 0.844 bits per heavy atom. The Bertz CT molecular complexity index is 1180. The fourth-order valence-electron chi connectivity index (χ4n) is 7.49. The summed E-state index contributed by atoms with van der Waals surface area (Å²) in [5, 5.41) is 0. The molecule has 0 fully saturated rings. The molecule has 0 radical (unpaired) electrons. The van der Waals surface area contributed by atoms with E-state index >= 15 is 0 Å². The zero-order valence-electron chi connectivity index (χ0n) is 42.5. The molecule has 0 aromatic heterocycles. The molecule has 0 aliphatic heterocycles. The van der Waals surface area contributed by atoms with Gasteiger partial charge in [0.25, 0.3) is 0 Å². The highest BCUT2D eigenvalue weighted by Gasteiger charge is 2.27. The second-order valence-electron chi connectivity index (χ2n) is 19.3. The molecule has 0 rings (SSSR count). The van der Waals surface area contributed by atoms with Gasteiger partial charge in [0.15, 0.2) is 6.10 Å². The third-order valence-corrected chi connectivity index (χ3v) is 12.7. The van der Waals surface area contributed by atoms with E-state index in [9.17, 15) is 19.0 Å². The number of phosphoric ester groups is 1. The van der Waals surface area contributed by atoms with Gasteiger partial charge in [0.1, 0.15) is 19.8 Å². The number of rotatable bonds is 49. The molecule has 0 aromatic rings. The van der Waals surface area contributed by atoms with Crippen LogP contribution >= 0.6 is 7.82 Å². The number of phosphoric acid groups is 1. The van der Waals surface area contributed by atoms with Crippen molar-refractivity contribution >= 4 is 19.8 Å². The van der Waals surface area contributed by atoms with E-state index in [0.29, 0.717) is 17.4 Å². The average molecular weight is 925 g/mol. The molecule has 0 amide bonds. The molecule has 0 aliphatic carbocycles. The Balaban J connectivity index is 4.25. The zero-order valence-corrected chi connectivity index (χ0v) is 43.4. The highest BCUT2D eigenvalue weighted by atomic mass is 31.2. The van der Waals surface area contributed by atoms with Crippen molar-refractivity contribution in [3.63, 3.8) is 0 Å². The van der Waals surface area contributed by atoms with Gasteiger partial charge in [-0.15, -0.1) is 0 Å². The maximum absolute atomic E-state index is 12.8. The lowest BCUT2D eigenvalue weighted by Gasteiger charge is -2.24. The summed E-state index contributed by atoms with van der Waals surface area (Å²) in [7, 11) is 1.47. The van der Waals surface area contributed by atoms with Crippen molar-refractivity contribution in [2.45, 2.75) is 251 Å².